The molecule has 1 saturated heterocycles. The maximum Gasteiger partial charge on any atom is 0.243 e. The van der Waals surface area contributed by atoms with Crippen LogP contribution in [0.2, 0.25) is 0 Å². The van der Waals surface area contributed by atoms with E-state index in [1.807, 2.05) is 26.0 Å². The molecule has 172 valence electrons. The lowest BCUT2D eigenvalue weighted by molar-refractivity contribution is 0.242. The molecule has 4 aromatic rings. The monoisotopic (exact) mass is 466 g/mol. The summed E-state index contributed by atoms with van der Waals surface area (Å²) in [6, 6.07) is 14.9. The number of sulfonamides is 1. The number of ether oxygens (including phenoxy) is 1. The molecule has 1 N–H and O–H groups in total. The summed E-state index contributed by atoms with van der Waals surface area (Å²) in [4.78, 5) is 0.287. The largest absolute Gasteiger partial charge is 0.491 e. The molecule has 0 aliphatic carbocycles. The van der Waals surface area contributed by atoms with Gasteiger partial charge >= 0.3 is 0 Å². The Hall–Kier alpha value is -3.24. The summed E-state index contributed by atoms with van der Waals surface area (Å²) in [5, 5.41) is 15.3. The number of hydrogen-bond donors (Lipinski definition) is 1. The normalized spacial score (nSPS) is 17.2. The zero-order valence-electron chi connectivity index (χ0n) is 18.5. The van der Waals surface area contributed by atoms with E-state index in [1.165, 1.54) is 0 Å². The van der Waals surface area contributed by atoms with E-state index in [0.717, 1.165) is 22.9 Å². The van der Waals surface area contributed by atoms with Crippen molar-refractivity contribution in [2.75, 3.05) is 13.1 Å². The number of tetrazole rings is 1. The average molecular weight is 467 g/mol. The Morgan fingerprint density at radius 2 is 1.94 bits per heavy atom. The number of aromatic nitrogens is 5. The van der Waals surface area contributed by atoms with Crippen LogP contribution in [0.25, 0.3) is 10.9 Å². The number of para-hydroxylation sites is 1. The van der Waals surface area contributed by atoms with Gasteiger partial charge in [0.25, 0.3) is 0 Å². The molecule has 1 atom stereocenters. The molecule has 1 aliphatic rings. The molecular weight excluding hydrogens is 440 g/mol. The van der Waals surface area contributed by atoms with Crippen LogP contribution in [0.3, 0.4) is 0 Å². The molecule has 1 unspecified atom stereocenters. The maximum atomic E-state index is 13.3. The molecule has 33 heavy (non-hydrogen) atoms. The van der Waals surface area contributed by atoms with Gasteiger partial charge in [-0.15, -0.1) is 5.10 Å². The minimum atomic E-state index is -3.58. The van der Waals surface area contributed by atoms with Gasteiger partial charge in [0.05, 0.1) is 11.0 Å². The lowest BCUT2D eigenvalue weighted by Crippen LogP contribution is -2.29. The smallest absolute Gasteiger partial charge is 0.243 e. The summed E-state index contributed by atoms with van der Waals surface area (Å²) in [5.41, 5.74) is 2.19. The predicted octanol–water partition coefficient (Wildman–Crippen LogP) is 3.17. The van der Waals surface area contributed by atoms with E-state index in [0.29, 0.717) is 31.1 Å². The van der Waals surface area contributed by atoms with Gasteiger partial charge in [-0.2, -0.15) is 4.31 Å². The molecule has 9 nitrogen and oxygen atoms in total. The molecular formula is C23H26N6O3S. The number of H-pyrrole nitrogens is 1. The molecule has 1 aliphatic heterocycles. The maximum absolute atomic E-state index is 13.3. The summed E-state index contributed by atoms with van der Waals surface area (Å²) in [5.74, 6) is 1.36. The van der Waals surface area contributed by atoms with Crippen LogP contribution in [-0.4, -0.2) is 57.1 Å². The van der Waals surface area contributed by atoms with Crippen molar-refractivity contribution in [3.05, 3.63) is 66.1 Å². The SMILES string of the molecule is CC(C)Oc1ccc(S(=O)(=O)N2CCC(n3cc(Cc4nnn[nH]4)c4ccccc43)C2)cc1. The predicted molar refractivity (Wildman–Crippen MR) is 124 cm³/mol. The number of hydrogen-bond acceptors (Lipinski definition) is 6. The van der Waals surface area contributed by atoms with E-state index in [4.69, 9.17) is 4.74 Å². The molecule has 2 aromatic carbocycles. The standard InChI is InChI=1S/C23H26N6O3S/c1-16(2)32-19-7-9-20(10-8-19)33(30,31)28-12-11-18(15-28)29-14-17(13-23-24-26-27-25-23)21-5-3-4-6-22(21)29/h3-10,14,16,18H,11-13,15H2,1-2H3,(H,24,25,26,27). The Morgan fingerprint density at radius 1 is 1.15 bits per heavy atom. The molecule has 1 fully saturated rings. The lowest BCUT2D eigenvalue weighted by atomic mass is 10.1. The highest BCUT2D eigenvalue weighted by molar-refractivity contribution is 7.89. The van der Waals surface area contributed by atoms with Crippen LogP contribution in [0.5, 0.6) is 5.75 Å². The van der Waals surface area contributed by atoms with E-state index >= 15 is 0 Å². The van der Waals surface area contributed by atoms with Gasteiger partial charge < -0.3 is 9.30 Å². The topological polar surface area (TPSA) is 106 Å². The molecule has 0 spiro atoms. The van der Waals surface area contributed by atoms with Gasteiger partial charge in [-0.25, -0.2) is 13.5 Å². The second-order valence-electron chi connectivity index (χ2n) is 8.55. The quantitative estimate of drug-likeness (QED) is 0.448. The zero-order valence-corrected chi connectivity index (χ0v) is 19.4. The van der Waals surface area contributed by atoms with Crippen molar-refractivity contribution in [1.29, 1.82) is 0 Å². The highest BCUT2D eigenvalue weighted by Gasteiger charge is 2.34. The number of nitrogens with zero attached hydrogens (tertiary/aromatic N) is 5. The molecule has 0 saturated carbocycles. The molecule has 2 aromatic heterocycles. The van der Waals surface area contributed by atoms with Crippen molar-refractivity contribution in [3.8, 4) is 5.75 Å². The number of rotatable bonds is 7. The van der Waals surface area contributed by atoms with Gasteiger partial charge in [0, 0.05) is 42.7 Å². The third-order valence-corrected chi connectivity index (χ3v) is 7.80. The fourth-order valence-electron chi connectivity index (χ4n) is 4.42. The second-order valence-corrected chi connectivity index (χ2v) is 10.5. The van der Waals surface area contributed by atoms with E-state index in [2.05, 4.69) is 43.5 Å². The lowest BCUT2D eigenvalue weighted by Gasteiger charge is -2.18. The van der Waals surface area contributed by atoms with E-state index in [9.17, 15) is 8.42 Å². The first-order chi connectivity index (χ1) is 15.9. The summed E-state index contributed by atoms with van der Waals surface area (Å²) < 4.78 is 36.0. The molecule has 0 bridgehead atoms. The van der Waals surface area contributed by atoms with Crippen LogP contribution in [0.1, 0.15) is 37.7 Å². The van der Waals surface area contributed by atoms with Crippen LogP contribution >= 0.6 is 0 Å². The Kier molecular flexibility index (Phi) is 5.63. The first-order valence-electron chi connectivity index (χ1n) is 11.0. The zero-order chi connectivity index (χ0) is 23.0. The van der Waals surface area contributed by atoms with Crippen LogP contribution in [0.4, 0.5) is 0 Å². The number of nitrogens with one attached hydrogen (secondary N) is 1. The highest BCUT2D eigenvalue weighted by atomic mass is 32.2. The number of aromatic amines is 1. The molecule has 10 heteroatoms. The van der Waals surface area contributed by atoms with E-state index < -0.39 is 10.0 Å². The highest BCUT2D eigenvalue weighted by Crippen LogP contribution is 2.33. The summed E-state index contributed by atoms with van der Waals surface area (Å²) in [7, 11) is -3.58. The molecule has 0 amide bonds. The fourth-order valence-corrected chi connectivity index (χ4v) is 5.91. The summed E-state index contributed by atoms with van der Waals surface area (Å²) in [6.07, 6.45) is 3.47. The summed E-state index contributed by atoms with van der Waals surface area (Å²) in [6.45, 7) is 4.78. The number of benzene rings is 2. The third-order valence-electron chi connectivity index (χ3n) is 5.92. The van der Waals surface area contributed by atoms with Crippen molar-refractivity contribution in [2.24, 2.45) is 0 Å². The minimum Gasteiger partial charge on any atom is -0.491 e. The van der Waals surface area contributed by atoms with Crippen molar-refractivity contribution in [1.82, 2.24) is 29.5 Å². The Labute approximate surface area is 192 Å². The second kappa shape index (κ2) is 8.60. The first kappa shape index (κ1) is 21.6. The minimum absolute atomic E-state index is 0.0355. The van der Waals surface area contributed by atoms with Gasteiger partial charge in [-0.05, 0) is 66.6 Å². The Morgan fingerprint density at radius 3 is 2.67 bits per heavy atom. The van der Waals surface area contributed by atoms with Crippen LogP contribution in [0, 0.1) is 0 Å². The van der Waals surface area contributed by atoms with Crippen molar-refractivity contribution in [3.63, 3.8) is 0 Å². The van der Waals surface area contributed by atoms with E-state index in [-0.39, 0.29) is 17.0 Å². The molecule has 0 radical (unpaired) electrons. The van der Waals surface area contributed by atoms with Crippen LogP contribution < -0.4 is 4.74 Å². The van der Waals surface area contributed by atoms with Crippen LogP contribution in [0.15, 0.2) is 59.6 Å². The van der Waals surface area contributed by atoms with Gasteiger partial charge in [0.15, 0.2) is 5.82 Å². The van der Waals surface area contributed by atoms with Crippen molar-refractivity contribution in [2.45, 2.75) is 43.7 Å². The van der Waals surface area contributed by atoms with Gasteiger partial charge in [0.1, 0.15) is 5.75 Å². The van der Waals surface area contributed by atoms with Crippen molar-refractivity contribution >= 4 is 20.9 Å². The Balaban J connectivity index is 1.39. The van der Waals surface area contributed by atoms with E-state index in [1.54, 1.807) is 28.6 Å². The molecule has 3 heterocycles. The summed E-state index contributed by atoms with van der Waals surface area (Å²) >= 11 is 0. The van der Waals surface area contributed by atoms with Crippen LogP contribution in [-0.2, 0) is 16.4 Å². The van der Waals surface area contributed by atoms with Gasteiger partial charge in [-0.3, -0.25) is 0 Å². The number of fused-ring (bicyclic) bond motifs is 1. The molecule has 5 rings (SSSR count). The van der Waals surface area contributed by atoms with Gasteiger partial charge in [0.2, 0.25) is 10.0 Å². The third kappa shape index (κ3) is 4.23. The Bertz CT molecular complexity index is 1350. The van der Waals surface area contributed by atoms with Gasteiger partial charge in [-0.1, -0.05) is 18.2 Å². The average Bonchev–Trinajstić information content (AvgIpc) is 3.55. The van der Waals surface area contributed by atoms with Crippen molar-refractivity contribution < 1.29 is 13.2 Å². The first-order valence-corrected chi connectivity index (χ1v) is 12.4. The fraction of sp³-hybridized carbons (Fsp3) is 0.348.